The smallest absolute Gasteiger partial charge is 0.223 e. The van der Waals surface area contributed by atoms with Crippen LogP contribution >= 0.6 is 0 Å². The van der Waals surface area contributed by atoms with E-state index >= 15 is 0 Å². The molecule has 1 saturated carbocycles. The van der Waals surface area contributed by atoms with Gasteiger partial charge >= 0.3 is 0 Å². The maximum absolute atomic E-state index is 12.4. The standard InChI is InChI=1S/C18H28N2O/c1-3-4-5-15-6-8-17(9-7-15)18(21)20-14(2)16-10-12-19-13-11-16/h10-15,17H,3-9H2,1-2H3,(H,20,21). The highest BCUT2D eigenvalue weighted by Crippen LogP contribution is 2.32. The maximum atomic E-state index is 12.4. The summed E-state index contributed by atoms with van der Waals surface area (Å²) in [6.45, 7) is 4.29. The van der Waals surface area contributed by atoms with Crippen LogP contribution < -0.4 is 5.32 Å². The minimum absolute atomic E-state index is 0.0679. The van der Waals surface area contributed by atoms with Gasteiger partial charge in [-0.05, 0) is 56.2 Å². The summed E-state index contributed by atoms with van der Waals surface area (Å²) >= 11 is 0. The Kier molecular flexibility index (Phi) is 6.21. The Balaban J connectivity index is 1.77. The third-order valence-electron chi connectivity index (χ3n) is 4.75. The molecule has 2 rings (SSSR count). The van der Waals surface area contributed by atoms with Gasteiger partial charge < -0.3 is 5.32 Å². The van der Waals surface area contributed by atoms with Crippen molar-refractivity contribution in [1.29, 1.82) is 0 Å². The Morgan fingerprint density at radius 2 is 1.95 bits per heavy atom. The molecule has 0 aliphatic heterocycles. The Morgan fingerprint density at radius 1 is 1.29 bits per heavy atom. The summed E-state index contributed by atoms with van der Waals surface area (Å²) in [5.41, 5.74) is 1.12. The van der Waals surface area contributed by atoms with Gasteiger partial charge in [0.2, 0.25) is 5.91 Å². The number of hydrogen-bond acceptors (Lipinski definition) is 2. The molecular formula is C18H28N2O. The van der Waals surface area contributed by atoms with Crippen molar-refractivity contribution in [2.24, 2.45) is 11.8 Å². The second-order valence-corrected chi connectivity index (χ2v) is 6.37. The fourth-order valence-electron chi connectivity index (χ4n) is 3.27. The topological polar surface area (TPSA) is 42.0 Å². The molecule has 1 aromatic heterocycles. The SMILES string of the molecule is CCCCC1CCC(C(=O)NC(C)c2ccncc2)CC1. The lowest BCUT2D eigenvalue weighted by molar-refractivity contribution is -0.126. The highest BCUT2D eigenvalue weighted by Gasteiger charge is 2.26. The molecule has 3 nitrogen and oxygen atoms in total. The van der Waals surface area contributed by atoms with E-state index in [1.807, 2.05) is 19.1 Å². The second kappa shape index (κ2) is 8.16. The molecule has 0 bridgehead atoms. The molecule has 1 aromatic rings. The highest BCUT2D eigenvalue weighted by molar-refractivity contribution is 5.79. The molecule has 1 atom stereocenters. The molecule has 1 unspecified atom stereocenters. The van der Waals surface area contributed by atoms with E-state index in [0.717, 1.165) is 24.3 Å². The van der Waals surface area contributed by atoms with Crippen LogP contribution in [0.3, 0.4) is 0 Å². The van der Waals surface area contributed by atoms with Gasteiger partial charge in [-0.25, -0.2) is 0 Å². The Hall–Kier alpha value is -1.38. The third kappa shape index (κ3) is 4.83. The van der Waals surface area contributed by atoms with E-state index in [1.165, 1.54) is 32.1 Å². The van der Waals surface area contributed by atoms with Gasteiger partial charge in [0.1, 0.15) is 0 Å². The fraction of sp³-hybridized carbons (Fsp3) is 0.667. The monoisotopic (exact) mass is 288 g/mol. The van der Waals surface area contributed by atoms with E-state index in [2.05, 4.69) is 17.2 Å². The molecule has 0 aromatic carbocycles. The lowest BCUT2D eigenvalue weighted by atomic mass is 9.79. The average Bonchev–Trinajstić information content (AvgIpc) is 2.54. The van der Waals surface area contributed by atoms with Gasteiger partial charge in [-0.2, -0.15) is 0 Å². The highest BCUT2D eigenvalue weighted by atomic mass is 16.1. The number of rotatable bonds is 6. The predicted molar refractivity (Wildman–Crippen MR) is 85.8 cm³/mol. The lowest BCUT2D eigenvalue weighted by Gasteiger charge is -2.28. The van der Waals surface area contributed by atoms with Crippen LogP contribution in [0.15, 0.2) is 24.5 Å². The first-order valence-corrected chi connectivity index (χ1v) is 8.41. The first-order valence-electron chi connectivity index (χ1n) is 8.41. The predicted octanol–water partition coefficient (Wildman–Crippen LogP) is 4.26. The summed E-state index contributed by atoms with van der Waals surface area (Å²) in [6, 6.07) is 4.00. The molecule has 21 heavy (non-hydrogen) atoms. The van der Waals surface area contributed by atoms with Gasteiger partial charge in [-0.3, -0.25) is 9.78 Å². The van der Waals surface area contributed by atoms with Gasteiger partial charge in [0.05, 0.1) is 6.04 Å². The molecule has 0 saturated heterocycles. The zero-order valence-electron chi connectivity index (χ0n) is 13.3. The Morgan fingerprint density at radius 3 is 2.57 bits per heavy atom. The summed E-state index contributed by atoms with van der Waals surface area (Å²) in [4.78, 5) is 16.4. The summed E-state index contributed by atoms with van der Waals surface area (Å²) in [7, 11) is 0. The fourth-order valence-corrected chi connectivity index (χ4v) is 3.27. The summed E-state index contributed by atoms with van der Waals surface area (Å²) in [5.74, 6) is 1.30. The third-order valence-corrected chi connectivity index (χ3v) is 4.75. The van der Waals surface area contributed by atoms with E-state index in [-0.39, 0.29) is 17.9 Å². The number of hydrogen-bond donors (Lipinski definition) is 1. The zero-order chi connectivity index (χ0) is 15.1. The quantitative estimate of drug-likeness (QED) is 0.850. The zero-order valence-corrected chi connectivity index (χ0v) is 13.3. The van der Waals surface area contributed by atoms with Crippen LogP contribution in [-0.2, 0) is 4.79 Å². The normalized spacial score (nSPS) is 23.5. The molecule has 1 heterocycles. The van der Waals surface area contributed by atoms with Crippen LogP contribution in [0.5, 0.6) is 0 Å². The molecule has 1 fully saturated rings. The summed E-state index contributed by atoms with van der Waals surface area (Å²) < 4.78 is 0. The number of unbranched alkanes of at least 4 members (excludes halogenated alkanes) is 1. The van der Waals surface area contributed by atoms with Gasteiger partial charge in [0, 0.05) is 18.3 Å². The molecule has 1 aliphatic carbocycles. The largest absolute Gasteiger partial charge is 0.349 e. The first-order chi connectivity index (χ1) is 10.2. The second-order valence-electron chi connectivity index (χ2n) is 6.37. The molecule has 1 aliphatic rings. The number of nitrogens with zero attached hydrogens (tertiary/aromatic N) is 1. The van der Waals surface area contributed by atoms with Crippen molar-refractivity contribution in [3.8, 4) is 0 Å². The number of carbonyl (C=O) groups is 1. The molecule has 116 valence electrons. The van der Waals surface area contributed by atoms with E-state index in [9.17, 15) is 4.79 Å². The van der Waals surface area contributed by atoms with E-state index in [1.54, 1.807) is 12.4 Å². The minimum atomic E-state index is 0.0679. The van der Waals surface area contributed by atoms with Crippen LogP contribution in [0.4, 0.5) is 0 Å². The van der Waals surface area contributed by atoms with Crippen LogP contribution in [-0.4, -0.2) is 10.9 Å². The van der Waals surface area contributed by atoms with Crippen molar-refractivity contribution in [1.82, 2.24) is 10.3 Å². The van der Waals surface area contributed by atoms with Crippen molar-refractivity contribution in [2.45, 2.75) is 64.8 Å². The average molecular weight is 288 g/mol. The molecule has 3 heteroatoms. The molecule has 1 N–H and O–H groups in total. The first kappa shape index (κ1) is 16.0. The number of amides is 1. The number of pyridine rings is 1. The number of carbonyl (C=O) groups excluding carboxylic acids is 1. The summed E-state index contributed by atoms with van der Waals surface area (Å²) in [6.07, 6.45) is 12.1. The molecular weight excluding hydrogens is 260 g/mol. The van der Waals surface area contributed by atoms with Crippen molar-refractivity contribution >= 4 is 5.91 Å². The Bertz CT molecular complexity index is 424. The molecule has 0 spiro atoms. The lowest BCUT2D eigenvalue weighted by Crippen LogP contribution is -2.34. The Labute approximate surface area is 128 Å². The maximum Gasteiger partial charge on any atom is 0.223 e. The van der Waals surface area contributed by atoms with Crippen LogP contribution in [0.25, 0.3) is 0 Å². The summed E-state index contributed by atoms with van der Waals surface area (Å²) in [5, 5.41) is 3.16. The van der Waals surface area contributed by atoms with Gasteiger partial charge in [-0.15, -0.1) is 0 Å². The van der Waals surface area contributed by atoms with Gasteiger partial charge in [0.25, 0.3) is 0 Å². The number of nitrogens with one attached hydrogen (secondary N) is 1. The van der Waals surface area contributed by atoms with Gasteiger partial charge in [-0.1, -0.05) is 26.2 Å². The van der Waals surface area contributed by atoms with Crippen LogP contribution in [0.1, 0.15) is 70.4 Å². The van der Waals surface area contributed by atoms with E-state index in [4.69, 9.17) is 0 Å². The van der Waals surface area contributed by atoms with Gasteiger partial charge in [0.15, 0.2) is 0 Å². The van der Waals surface area contributed by atoms with Crippen molar-refractivity contribution < 1.29 is 4.79 Å². The van der Waals surface area contributed by atoms with Crippen molar-refractivity contribution in [3.05, 3.63) is 30.1 Å². The molecule has 1 amide bonds. The van der Waals surface area contributed by atoms with Crippen LogP contribution in [0, 0.1) is 11.8 Å². The van der Waals surface area contributed by atoms with Crippen LogP contribution in [0.2, 0.25) is 0 Å². The van der Waals surface area contributed by atoms with Crippen molar-refractivity contribution in [3.63, 3.8) is 0 Å². The minimum Gasteiger partial charge on any atom is -0.349 e. The molecule has 0 radical (unpaired) electrons. The van der Waals surface area contributed by atoms with E-state index < -0.39 is 0 Å². The van der Waals surface area contributed by atoms with Crippen molar-refractivity contribution in [2.75, 3.05) is 0 Å². The van der Waals surface area contributed by atoms with E-state index in [0.29, 0.717) is 0 Å². The number of aromatic nitrogens is 1.